The molecular weight excluding hydrogens is 196 g/mol. The highest BCUT2D eigenvalue weighted by Gasteiger charge is 2.26. The van der Waals surface area contributed by atoms with Gasteiger partial charge in [0.05, 0.1) is 18.1 Å². The maximum absolute atomic E-state index is 9.15. The molecule has 3 nitrogen and oxygen atoms in total. The SMILES string of the molecule is N#C[C@@H](c1cccs1)[NH+]1CCOCC1. The Morgan fingerprint density at radius 1 is 1.50 bits per heavy atom. The highest BCUT2D eigenvalue weighted by Crippen LogP contribution is 2.15. The molecule has 1 aliphatic rings. The van der Waals surface area contributed by atoms with Crippen molar-refractivity contribution in [2.45, 2.75) is 6.04 Å². The standard InChI is InChI=1S/C10H12N2OS/c11-8-9(10-2-1-7-14-10)12-3-5-13-6-4-12/h1-2,7,9H,3-6H2/p+1/t9-/m0/s1. The van der Waals surface area contributed by atoms with Crippen molar-refractivity contribution in [1.82, 2.24) is 0 Å². The number of morpholine rings is 1. The lowest BCUT2D eigenvalue weighted by atomic mass is 10.2. The molecule has 1 fully saturated rings. The Labute approximate surface area is 87.5 Å². The van der Waals surface area contributed by atoms with Crippen LogP contribution in [-0.2, 0) is 4.74 Å². The van der Waals surface area contributed by atoms with E-state index >= 15 is 0 Å². The number of nitrogens with zero attached hydrogens (tertiary/aromatic N) is 1. The van der Waals surface area contributed by atoms with E-state index in [1.807, 2.05) is 17.5 Å². The maximum Gasteiger partial charge on any atom is 0.210 e. The number of ether oxygens (including phenoxy) is 1. The molecule has 0 aliphatic carbocycles. The van der Waals surface area contributed by atoms with E-state index in [1.54, 1.807) is 11.3 Å². The van der Waals surface area contributed by atoms with Crippen LogP contribution in [0.2, 0.25) is 0 Å². The third-order valence-electron chi connectivity index (χ3n) is 2.50. The van der Waals surface area contributed by atoms with Crippen LogP contribution in [0.1, 0.15) is 10.9 Å². The zero-order valence-corrected chi connectivity index (χ0v) is 8.72. The third kappa shape index (κ3) is 1.95. The van der Waals surface area contributed by atoms with Gasteiger partial charge in [-0.3, -0.25) is 0 Å². The monoisotopic (exact) mass is 209 g/mol. The fourth-order valence-corrected chi connectivity index (χ4v) is 2.56. The summed E-state index contributed by atoms with van der Waals surface area (Å²) in [6.45, 7) is 3.43. The Bertz CT molecular complexity index is 311. The van der Waals surface area contributed by atoms with Gasteiger partial charge in [-0.15, -0.1) is 11.3 Å². The zero-order valence-electron chi connectivity index (χ0n) is 7.90. The molecule has 1 saturated heterocycles. The highest BCUT2D eigenvalue weighted by atomic mass is 32.1. The Hall–Kier alpha value is -0.890. The van der Waals surface area contributed by atoms with Gasteiger partial charge in [0.1, 0.15) is 19.2 Å². The molecule has 0 bridgehead atoms. The van der Waals surface area contributed by atoms with Crippen LogP contribution in [0.4, 0.5) is 0 Å². The molecule has 2 heterocycles. The van der Waals surface area contributed by atoms with Gasteiger partial charge in [-0.2, -0.15) is 5.26 Å². The fourth-order valence-electron chi connectivity index (χ4n) is 1.73. The molecule has 0 amide bonds. The molecule has 74 valence electrons. The second-order valence-electron chi connectivity index (χ2n) is 3.35. The van der Waals surface area contributed by atoms with Gasteiger partial charge in [-0.25, -0.2) is 0 Å². The molecule has 4 heteroatoms. The van der Waals surface area contributed by atoms with Gasteiger partial charge in [-0.05, 0) is 11.4 Å². The molecule has 0 spiro atoms. The summed E-state index contributed by atoms with van der Waals surface area (Å²) in [6.07, 6.45) is 0. The average molecular weight is 209 g/mol. The molecule has 1 aliphatic heterocycles. The molecule has 1 aromatic rings. The smallest absolute Gasteiger partial charge is 0.210 e. The average Bonchev–Trinajstić information content (AvgIpc) is 2.74. The Morgan fingerprint density at radius 3 is 2.86 bits per heavy atom. The van der Waals surface area contributed by atoms with Crippen molar-refractivity contribution in [2.75, 3.05) is 26.3 Å². The van der Waals surface area contributed by atoms with E-state index in [1.165, 1.54) is 9.78 Å². The normalized spacial score (nSPS) is 20.2. The van der Waals surface area contributed by atoms with Crippen LogP contribution >= 0.6 is 11.3 Å². The minimum absolute atomic E-state index is 0.00102. The van der Waals surface area contributed by atoms with Crippen molar-refractivity contribution < 1.29 is 9.64 Å². The van der Waals surface area contributed by atoms with Crippen LogP contribution in [0.3, 0.4) is 0 Å². The van der Waals surface area contributed by atoms with Crippen LogP contribution in [0.5, 0.6) is 0 Å². The van der Waals surface area contributed by atoms with E-state index in [9.17, 15) is 0 Å². The van der Waals surface area contributed by atoms with Crippen LogP contribution < -0.4 is 4.90 Å². The first-order valence-electron chi connectivity index (χ1n) is 4.77. The largest absolute Gasteiger partial charge is 0.370 e. The van der Waals surface area contributed by atoms with E-state index in [2.05, 4.69) is 6.07 Å². The third-order valence-corrected chi connectivity index (χ3v) is 3.44. The molecule has 0 saturated carbocycles. The maximum atomic E-state index is 9.15. The lowest BCUT2D eigenvalue weighted by Crippen LogP contribution is -3.14. The van der Waals surface area contributed by atoms with Crippen LogP contribution in [0.25, 0.3) is 0 Å². The number of hydrogen-bond acceptors (Lipinski definition) is 3. The topological polar surface area (TPSA) is 37.5 Å². The van der Waals surface area contributed by atoms with Gasteiger partial charge in [-0.1, -0.05) is 6.07 Å². The summed E-state index contributed by atoms with van der Waals surface area (Å²) in [5.74, 6) is 0. The number of rotatable bonds is 2. The molecule has 14 heavy (non-hydrogen) atoms. The minimum Gasteiger partial charge on any atom is -0.370 e. The van der Waals surface area contributed by atoms with Crippen molar-refractivity contribution in [3.63, 3.8) is 0 Å². The quantitative estimate of drug-likeness (QED) is 0.757. The first-order chi connectivity index (χ1) is 6.92. The van der Waals surface area contributed by atoms with Gasteiger partial charge in [0.2, 0.25) is 6.04 Å². The van der Waals surface area contributed by atoms with Crippen molar-refractivity contribution in [3.8, 4) is 6.07 Å². The Morgan fingerprint density at radius 2 is 2.29 bits per heavy atom. The van der Waals surface area contributed by atoms with Gasteiger partial charge in [0.15, 0.2) is 0 Å². The van der Waals surface area contributed by atoms with Crippen molar-refractivity contribution in [2.24, 2.45) is 0 Å². The van der Waals surface area contributed by atoms with Crippen LogP contribution in [-0.4, -0.2) is 26.3 Å². The lowest BCUT2D eigenvalue weighted by molar-refractivity contribution is -0.930. The number of quaternary nitrogens is 1. The van der Waals surface area contributed by atoms with Gasteiger partial charge >= 0.3 is 0 Å². The van der Waals surface area contributed by atoms with Gasteiger partial charge < -0.3 is 9.64 Å². The molecule has 1 aromatic heterocycles. The molecule has 1 atom stereocenters. The van der Waals surface area contributed by atoms with Gasteiger partial charge in [0, 0.05) is 0 Å². The van der Waals surface area contributed by atoms with Crippen LogP contribution in [0.15, 0.2) is 17.5 Å². The lowest BCUT2D eigenvalue weighted by Gasteiger charge is -2.26. The second-order valence-corrected chi connectivity index (χ2v) is 4.33. The number of hydrogen-bond donors (Lipinski definition) is 1. The second kappa shape index (κ2) is 4.56. The minimum atomic E-state index is -0.00102. The summed E-state index contributed by atoms with van der Waals surface area (Å²) in [6, 6.07) is 6.44. The van der Waals surface area contributed by atoms with E-state index < -0.39 is 0 Å². The molecule has 0 radical (unpaired) electrons. The van der Waals surface area contributed by atoms with Crippen LogP contribution in [0, 0.1) is 11.3 Å². The fraction of sp³-hybridized carbons (Fsp3) is 0.500. The summed E-state index contributed by atoms with van der Waals surface area (Å²) in [4.78, 5) is 2.51. The summed E-state index contributed by atoms with van der Waals surface area (Å²) in [7, 11) is 0. The van der Waals surface area contributed by atoms with E-state index in [0.717, 1.165) is 26.3 Å². The zero-order chi connectivity index (χ0) is 9.80. The van der Waals surface area contributed by atoms with Crippen molar-refractivity contribution in [3.05, 3.63) is 22.4 Å². The predicted octanol–water partition coefficient (Wildman–Crippen LogP) is 0.228. The summed E-state index contributed by atoms with van der Waals surface area (Å²) >= 11 is 1.67. The summed E-state index contributed by atoms with van der Waals surface area (Å²) in [5, 5.41) is 11.2. The first kappa shape index (κ1) is 9.66. The molecular formula is C10H13N2OS+. The number of thiophene rings is 1. The molecule has 1 N–H and O–H groups in total. The Balaban J connectivity index is 2.09. The van der Waals surface area contributed by atoms with Crippen molar-refractivity contribution >= 4 is 11.3 Å². The Kier molecular flexibility index (Phi) is 3.14. The molecule has 2 rings (SSSR count). The van der Waals surface area contributed by atoms with Crippen molar-refractivity contribution in [1.29, 1.82) is 5.26 Å². The number of nitriles is 1. The first-order valence-corrected chi connectivity index (χ1v) is 5.65. The number of nitrogens with one attached hydrogen (secondary N) is 1. The van der Waals surface area contributed by atoms with E-state index in [4.69, 9.17) is 10.00 Å². The van der Waals surface area contributed by atoms with Gasteiger partial charge in [0.25, 0.3) is 0 Å². The molecule has 0 unspecified atom stereocenters. The van der Waals surface area contributed by atoms with E-state index in [0.29, 0.717) is 0 Å². The molecule has 0 aromatic carbocycles. The summed E-state index contributed by atoms with van der Waals surface area (Å²) < 4.78 is 5.28. The summed E-state index contributed by atoms with van der Waals surface area (Å²) in [5.41, 5.74) is 0. The van der Waals surface area contributed by atoms with E-state index in [-0.39, 0.29) is 6.04 Å². The highest BCUT2D eigenvalue weighted by molar-refractivity contribution is 7.10. The predicted molar refractivity (Wildman–Crippen MR) is 54.2 cm³/mol.